The van der Waals surface area contributed by atoms with E-state index in [4.69, 9.17) is 11.0 Å². The van der Waals surface area contributed by atoms with Crippen LogP contribution in [0.2, 0.25) is 0 Å². The zero-order valence-corrected chi connectivity index (χ0v) is 11.1. The van der Waals surface area contributed by atoms with Gasteiger partial charge in [-0.2, -0.15) is 5.26 Å². The van der Waals surface area contributed by atoms with Crippen LogP contribution in [0.15, 0.2) is 18.2 Å². The number of nitro groups is 1. The quantitative estimate of drug-likeness (QED) is 0.607. The standard InChI is InChI=1S/C13H16N4O3/c1-2-3-4-10(15)13(18)16-11-6-5-9(8-14)7-12(11)17(19)20/h5-7,10H,2-4,15H2,1H3,(H,16,18)/t10-/m0/s1. The second-order valence-electron chi connectivity index (χ2n) is 4.34. The van der Waals surface area contributed by atoms with Crippen LogP contribution >= 0.6 is 0 Å². The fourth-order valence-electron chi connectivity index (χ4n) is 1.64. The average molecular weight is 276 g/mol. The van der Waals surface area contributed by atoms with Crippen molar-refractivity contribution in [3.05, 3.63) is 33.9 Å². The molecule has 1 amide bonds. The molecule has 0 saturated carbocycles. The predicted octanol–water partition coefficient (Wildman–Crippen LogP) is 1.92. The molecule has 0 aliphatic carbocycles. The van der Waals surface area contributed by atoms with Crippen molar-refractivity contribution in [3.63, 3.8) is 0 Å². The summed E-state index contributed by atoms with van der Waals surface area (Å²) in [7, 11) is 0. The van der Waals surface area contributed by atoms with E-state index in [0.29, 0.717) is 6.42 Å². The van der Waals surface area contributed by atoms with Crippen LogP contribution in [0.5, 0.6) is 0 Å². The van der Waals surface area contributed by atoms with Crippen molar-refractivity contribution < 1.29 is 9.72 Å². The molecule has 0 aromatic heterocycles. The van der Waals surface area contributed by atoms with E-state index in [1.165, 1.54) is 12.1 Å². The zero-order valence-electron chi connectivity index (χ0n) is 11.1. The van der Waals surface area contributed by atoms with Gasteiger partial charge in [-0.25, -0.2) is 0 Å². The lowest BCUT2D eigenvalue weighted by atomic mass is 10.1. The van der Waals surface area contributed by atoms with Gasteiger partial charge in [-0.05, 0) is 18.6 Å². The number of hydrogen-bond donors (Lipinski definition) is 2. The molecule has 0 heterocycles. The first-order valence-electron chi connectivity index (χ1n) is 6.24. The Morgan fingerprint density at radius 2 is 2.30 bits per heavy atom. The largest absolute Gasteiger partial charge is 0.320 e. The summed E-state index contributed by atoms with van der Waals surface area (Å²) in [4.78, 5) is 22.1. The fourth-order valence-corrected chi connectivity index (χ4v) is 1.64. The molecular formula is C13H16N4O3. The summed E-state index contributed by atoms with van der Waals surface area (Å²) in [5.41, 5.74) is 5.58. The van der Waals surface area contributed by atoms with E-state index < -0.39 is 16.9 Å². The first-order chi connectivity index (χ1) is 9.49. The number of unbranched alkanes of at least 4 members (excludes halogenated alkanes) is 1. The maximum absolute atomic E-state index is 11.8. The fraction of sp³-hybridized carbons (Fsp3) is 0.385. The van der Waals surface area contributed by atoms with Crippen LogP contribution in [0.3, 0.4) is 0 Å². The molecule has 0 fully saturated rings. The van der Waals surface area contributed by atoms with Crippen LogP contribution in [0, 0.1) is 21.4 Å². The number of nitriles is 1. The minimum atomic E-state index is -0.704. The highest BCUT2D eigenvalue weighted by atomic mass is 16.6. The van der Waals surface area contributed by atoms with Gasteiger partial charge in [0, 0.05) is 6.07 Å². The topological polar surface area (TPSA) is 122 Å². The van der Waals surface area contributed by atoms with Gasteiger partial charge in [0.25, 0.3) is 5.69 Å². The molecule has 1 aromatic carbocycles. The van der Waals surface area contributed by atoms with Crippen molar-refractivity contribution in [1.82, 2.24) is 0 Å². The third-order valence-electron chi connectivity index (χ3n) is 2.79. The highest BCUT2D eigenvalue weighted by Crippen LogP contribution is 2.25. The average Bonchev–Trinajstić information content (AvgIpc) is 2.44. The number of nitro benzene ring substituents is 1. The molecule has 7 heteroatoms. The monoisotopic (exact) mass is 276 g/mol. The number of rotatable bonds is 6. The Bertz CT molecular complexity index is 551. The molecule has 0 aliphatic heterocycles. The second-order valence-corrected chi connectivity index (χ2v) is 4.34. The summed E-state index contributed by atoms with van der Waals surface area (Å²) in [6.07, 6.45) is 2.24. The second kappa shape index (κ2) is 7.21. The summed E-state index contributed by atoms with van der Waals surface area (Å²) in [6, 6.07) is 4.96. The highest BCUT2D eigenvalue weighted by Gasteiger charge is 2.19. The van der Waals surface area contributed by atoms with Gasteiger partial charge in [-0.1, -0.05) is 19.8 Å². The Labute approximate surface area is 116 Å². The van der Waals surface area contributed by atoms with Crippen molar-refractivity contribution >= 4 is 17.3 Å². The first-order valence-corrected chi connectivity index (χ1v) is 6.24. The summed E-state index contributed by atoms with van der Waals surface area (Å²) in [5.74, 6) is -0.466. The van der Waals surface area contributed by atoms with Gasteiger partial charge < -0.3 is 11.1 Å². The molecule has 1 atom stereocenters. The summed E-state index contributed by atoms with van der Waals surface area (Å²) < 4.78 is 0. The Kier molecular flexibility index (Phi) is 5.62. The van der Waals surface area contributed by atoms with Crippen LogP contribution < -0.4 is 11.1 Å². The number of amides is 1. The zero-order chi connectivity index (χ0) is 15.1. The van der Waals surface area contributed by atoms with Crippen molar-refractivity contribution in [3.8, 4) is 6.07 Å². The van der Waals surface area contributed by atoms with E-state index in [1.54, 1.807) is 0 Å². The molecule has 20 heavy (non-hydrogen) atoms. The van der Waals surface area contributed by atoms with Gasteiger partial charge in [0.15, 0.2) is 0 Å². The smallest absolute Gasteiger partial charge is 0.294 e. The number of nitrogens with one attached hydrogen (secondary N) is 1. The normalized spacial score (nSPS) is 11.4. The lowest BCUT2D eigenvalue weighted by Gasteiger charge is -2.11. The van der Waals surface area contributed by atoms with Crippen LogP contribution in [0.4, 0.5) is 11.4 Å². The van der Waals surface area contributed by atoms with Gasteiger partial charge in [0.2, 0.25) is 5.91 Å². The van der Waals surface area contributed by atoms with E-state index in [0.717, 1.165) is 18.9 Å². The molecule has 106 valence electrons. The van der Waals surface area contributed by atoms with Crippen LogP contribution in [-0.4, -0.2) is 16.9 Å². The number of carbonyl (C=O) groups is 1. The molecule has 0 spiro atoms. The number of carbonyl (C=O) groups excluding carboxylic acids is 1. The van der Waals surface area contributed by atoms with E-state index in [1.807, 2.05) is 13.0 Å². The number of nitrogens with zero attached hydrogens (tertiary/aromatic N) is 2. The Morgan fingerprint density at radius 3 is 2.85 bits per heavy atom. The van der Waals surface area contributed by atoms with Gasteiger partial charge in [-0.3, -0.25) is 14.9 Å². The molecule has 0 radical (unpaired) electrons. The van der Waals surface area contributed by atoms with Crippen molar-refractivity contribution in [1.29, 1.82) is 5.26 Å². The van der Waals surface area contributed by atoms with Gasteiger partial charge in [0.05, 0.1) is 22.6 Å². The number of benzene rings is 1. The predicted molar refractivity (Wildman–Crippen MR) is 73.9 cm³/mol. The number of nitrogens with two attached hydrogens (primary N) is 1. The molecule has 3 N–H and O–H groups in total. The SMILES string of the molecule is CCCC[C@H](N)C(=O)Nc1ccc(C#N)cc1[N+](=O)[O-]. The summed E-state index contributed by atoms with van der Waals surface area (Å²) in [6.45, 7) is 1.98. The first kappa shape index (κ1) is 15.6. The minimum absolute atomic E-state index is 0.0472. The molecule has 0 bridgehead atoms. The lowest BCUT2D eigenvalue weighted by molar-refractivity contribution is -0.383. The number of hydrogen-bond acceptors (Lipinski definition) is 5. The van der Waals surface area contributed by atoms with Gasteiger partial charge in [-0.15, -0.1) is 0 Å². The third kappa shape index (κ3) is 4.03. The van der Waals surface area contributed by atoms with Crippen LogP contribution in [0.25, 0.3) is 0 Å². The van der Waals surface area contributed by atoms with Crippen molar-refractivity contribution in [2.75, 3.05) is 5.32 Å². The summed E-state index contributed by atoms with van der Waals surface area (Å²) >= 11 is 0. The lowest BCUT2D eigenvalue weighted by Crippen LogP contribution is -2.35. The highest BCUT2D eigenvalue weighted by molar-refractivity contribution is 5.96. The Morgan fingerprint density at radius 1 is 1.60 bits per heavy atom. The van der Waals surface area contributed by atoms with Crippen LogP contribution in [0.1, 0.15) is 31.7 Å². The number of anilines is 1. The molecule has 0 aliphatic rings. The molecule has 1 rings (SSSR count). The van der Waals surface area contributed by atoms with E-state index in [-0.39, 0.29) is 16.9 Å². The van der Waals surface area contributed by atoms with E-state index >= 15 is 0 Å². The molecular weight excluding hydrogens is 260 g/mol. The Hall–Kier alpha value is -2.46. The molecule has 0 unspecified atom stereocenters. The molecule has 7 nitrogen and oxygen atoms in total. The van der Waals surface area contributed by atoms with Gasteiger partial charge in [0.1, 0.15) is 5.69 Å². The van der Waals surface area contributed by atoms with Gasteiger partial charge >= 0.3 is 0 Å². The molecule has 1 aromatic rings. The van der Waals surface area contributed by atoms with Crippen molar-refractivity contribution in [2.24, 2.45) is 5.73 Å². The third-order valence-corrected chi connectivity index (χ3v) is 2.79. The van der Waals surface area contributed by atoms with Crippen molar-refractivity contribution in [2.45, 2.75) is 32.2 Å². The van der Waals surface area contributed by atoms with E-state index in [9.17, 15) is 14.9 Å². The minimum Gasteiger partial charge on any atom is -0.320 e. The summed E-state index contributed by atoms with van der Waals surface area (Å²) in [5, 5.41) is 22.1. The van der Waals surface area contributed by atoms with Crippen LogP contribution in [-0.2, 0) is 4.79 Å². The Balaban J connectivity index is 2.89. The maximum Gasteiger partial charge on any atom is 0.294 e. The van der Waals surface area contributed by atoms with E-state index in [2.05, 4.69) is 5.32 Å². The maximum atomic E-state index is 11.8. The molecule has 0 saturated heterocycles.